The van der Waals surface area contributed by atoms with E-state index in [-0.39, 0.29) is 11.3 Å². The Bertz CT molecular complexity index is 1540. The van der Waals surface area contributed by atoms with Gasteiger partial charge >= 0.3 is 5.91 Å². The maximum atomic E-state index is 13.4. The highest BCUT2D eigenvalue weighted by atomic mass is 32.1. The third-order valence-electron chi connectivity index (χ3n) is 6.24. The third kappa shape index (κ3) is 3.88. The third-order valence-corrected chi connectivity index (χ3v) is 7.26. The van der Waals surface area contributed by atoms with E-state index in [1.54, 1.807) is 13.2 Å². The van der Waals surface area contributed by atoms with Gasteiger partial charge in [0.2, 0.25) is 0 Å². The first kappa shape index (κ1) is 22.8. The van der Waals surface area contributed by atoms with E-state index in [0.29, 0.717) is 22.0 Å². The summed E-state index contributed by atoms with van der Waals surface area (Å²) in [7, 11) is 1.59. The zero-order valence-corrected chi connectivity index (χ0v) is 20.6. The Morgan fingerprint density at radius 1 is 1.00 bits per heavy atom. The second kappa shape index (κ2) is 8.67. The van der Waals surface area contributed by atoms with Crippen molar-refractivity contribution in [3.63, 3.8) is 0 Å². The predicted octanol–water partition coefficient (Wildman–Crippen LogP) is 5.86. The summed E-state index contributed by atoms with van der Waals surface area (Å²) in [6.07, 6.45) is 0. The number of anilines is 1. The van der Waals surface area contributed by atoms with Crippen molar-refractivity contribution in [1.29, 1.82) is 0 Å². The first-order valence-corrected chi connectivity index (χ1v) is 12.0. The number of benzene rings is 3. The number of Topliss-reactive ketones (excluding diaryl/α,β-unsaturated/α-hetero) is 1. The number of carbonyl (C=O) groups is 2. The van der Waals surface area contributed by atoms with Gasteiger partial charge in [-0.1, -0.05) is 58.9 Å². The quantitative estimate of drug-likeness (QED) is 0.223. The molecule has 7 heteroatoms. The second-order valence-electron chi connectivity index (χ2n) is 8.73. The molecule has 1 amide bonds. The molecule has 176 valence electrons. The van der Waals surface area contributed by atoms with Gasteiger partial charge in [-0.2, -0.15) is 0 Å². The molecular formula is C28H24N2O4S. The first-order chi connectivity index (χ1) is 16.8. The largest absolute Gasteiger partial charge is 0.507 e. The second-order valence-corrected chi connectivity index (χ2v) is 9.74. The molecule has 1 unspecified atom stereocenters. The number of ether oxygens (including phenoxy) is 1. The number of carbonyl (C=O) groups excluding carboxylic acids is 2. The van der Waals surface area contributed by atoms with E-state index < -0.39 is 17.7 Å². The van der Waals surface area contributed by atoms with Crippen molar-refractivity contribution in [1.82, 2.24) is 4.98 Å². The van der Waals surface area contributed by atoms with Gasteiger partial charge in [-0.15, -0.1) is 0 Å². The lowest BCUT2D eigenvalue weighted by Crippen LogP contribution is -2.29. The highest BCUT2D eigenvalue weighted by Gasteiger charge is 2.48. The van der Waals surface area contributed by atoms with Gasteiger partial charge < -0.3 is 9.84 Å². The molecule has 4 aromatic rings. The number of thiazole rings is 1. The Labute approximate surface area is 207 Å². The van der Waals surface area contributed by atoms with Crippen LogP contribution in [0.15, 0.2) is 66.2 Å². The molecule has 0 bridgehead atoms. The number of methoxy groups -OCH3 is 1. The Morgan fingerprint density at radius 2 is 1.77 bits per heavy atom. The number of nitrogens with zero attached hydrogens (tertiary/aromatic N) is 2. The highest BCUT2D eigenvalue weighted by molar-refractivity contribution is 7.22. The van der Waals surface area contributed by atoms with Crippen LogP contribution in [-0.2, 0) is 9.59 Å². The van der Waals surface area contributed by atoms with Crippen LogP contribution in [0.4, 0.5) is 5.13 Å². The molecule has 35 heavy (non-hydrogen) atoms. The number of hydrogen-bond acceptors (Lipinski definition) is 6. The van der Waals surface area contributed by atoms with E-state index in [4.69, 9.17) is 4.74 Å². The van der Waals surface area contributed by atoms with Crippen LogP contribution in [0.3, 0.4) is 0 Å². The molecule has 3 aromatic carbocycles. The summed E-state index contributed by atoms with van der Waals surface area (Å²) in [5.41, 5.74) is 4.76. The lowest BCUT2D eigenvalue weighted by atomic mass is 9.93. The number of aliphatic hydroxyl groups is 1. The number of fused-ring (bicyclic) bond motifs is 1. The van der Waals surface area contributed by atoms with Gasteiger partial charge in [0.05, 0.1) is 28.9 Å². The first-order valence-electron chi connectivity index (χ1n) is 11.2. The topological polar surface area (TPSA) is 79.7 Å². The van der Waals surface area contributed by atoms with Crippen molar-refractivity contribution >= 4 is 44.1 Å². The molecule has 1 atom stereocenters. The van der Waals surface area contributed by atoms with Crippen molar-refractivity contribution in [2.24, 2.45) is 0 Å². The fourth-order valence-corrected chi connectivity index (χ4v) is 5.46. The van der Waals surface area contributed by atoms with Gasteiger partial charge in [0.1, 0.15) is 11.5 Å². The molecule has 0 radical (unpaired) electrons. The van der Waals surface area contributed by atoms with E-state index in [9.17, 15) is 14.7 Å². The number of amides is 1. The molecule has 2 heterocycles. The summed E-state index contributed by atoms with van der Waals surface area (Å²) in [5.74, 6) is -0.942. The smallest absolute Gasteiger partial charge is 0.301 e. The number of aliphatic hydroxyl groups excluding tert-OH is 1. The number of aryl methyl sites for hydroxylation is 3. The maximum Gasteiger partial charge on any atom is 0.301 e. The van der Waals surface area contributed by atoms with Crippen LogP contribution in [0.2, 0.25) is 0 Å². The predicted molar refractivity (Wildman–Crippen MR) is 138 cm³/mol. The minimum atomic E-state index is -0.808. The van der Waals surface area contributed by atoms with Crippen molar-refractivity contribution in [3.8, 4) is 5.75 Å². The molecule has 1 N–H and O–H groups in total. The van der Waals surface area contributed by atoms with Gasteiger partial charge in [0.15, 0.2) is 5.13 Å². The average molecular weight is 485 g/mol. The monoisotopic (exact) mass is 484 g/mol. The summed E-state index contributed by atoms with van der Waals surface area (Å²) < 4.78 is 6.15. The van der Waals surface area contributed by atoms with Crippen LogP contribution in [0, 0.1) is 20.8 Å². The van der Waals surface area contributed by atoms with Crippen molar-refractivity contribution in [2.75, 3.05) is 12.0 Å². The van der Waals surface area contributed by atoms with Crippen LogP contribution in [0.5, 0.6) is 5.75 Å². The number of hydrogen-bond donors (Lipinski definition) is 1. The summed E-state index contributed by atoms with van der Waals surface area (Å²) in [6, 6.07) is 18.0. The molecule has 1 aliphatic rings. The minimum Gasteiger partial charge on any atom is -0.507 e. The lowest BCUT2D eigenvalue weighted by Gasteiger charge is -2.23. The van der Waals surface area contributed by atoms with Crippen LogP contribution < -0.4 is 9.64 Å². The average Bonchev–Trinajstić information content (AvgIpc) is 3.37. The molecule has 1 aromatic heterocycles. The fourth-order valence-electron chi connectivity index (χ4n) is 4.44. The van der Waals surface area contributed by atoms with Gasteiger partial charge in [-0.25, -0.2) is 4.98 Å². The Hall–Kier alpha value is -3.97. The summed E-state index contributed by atoms with van der Waals surface area (Å²) in [4.78, 5) is 32.9. The summed E-state index contributed by atoms with van der Waals surface area (Å²) >= 11 is 1.31. The molecular weight excluding hydrogens is 460 g/mol. The molecule has 5 rings (SSSR count). The molecule has 0 saturated carbocycles. The van der Waals surface area contributed by atoms with E-state index in [2.05, 4.69) is 4.98 Å². The van der Waals surface area contributed by atoms with Gasteiger partial charge in [-0.3, -0.25) is 14.5 Å². The van der Waals surface area contributed by atoms with Gasteiger partial charge in [-0.05, 0) is 56.2 Å². The van der Waals surface area contributed by atoms with E-state index >= 15 is 0 Å². The molecule has 0 spiro atoms. The number of aromatic nitrogens is 1. The maximum absolute atomic E-state index is 13.4. The summed E-state index contributed by atoms with van der Waals surface area (Å²) in [5, 5.41) is 11.8. The zero-order valence-electron chi connectivity index (χ0n) is 19.8. The van der Waals surface area contributed by atoms with E-state index in [1.165, 1.54) is 16.2 Å². The Morgan fingerprint density at radius 3 is 2.51 bits per heavy atom. The molecule has 6 nitrogen and oxygen atoms in total. The summed E-state index contributed by atoms with van der Waals surface area (Å²) in [6.45, 7) is 5.74. The van der Waals surface area contributed by atoms with Crippen LogP contribution in [0.1, 0.15) is 33.9 Å². The van der Waals surface area contributed by atoms with Gasteiger partial charge in [0, 0.05) is 5.56 Å². The van der Waals surface area contributed by atoms with Crippen LogP contribution >= 0.6 is 11.3 Å². The fraction of sp³-hybridized carbons (Fsp3) is 0.179. The van der Waals surface area contributed by atoms with Crippen molar-refractivity contribution in [2.45, 2.75) is 26.8 Å². The van der Waals surface area contributed by atoms with Crippen molar-refractivity contribution in [3.05, 3.63) is 94.1 Å². The van der Waals surface area contributed by atoms with Crippen LogP contribution in [-0.4, -0.2) is 28.9 Å². The van der Waals surface area contributed by atoms with E-state index in [0.717, 1.165) is 27.0 Å². The number of rotatable bonds is 4. The normalized spacial score (nSPS) is 17.4. The lowest BCUT2D eigenvalue weighted by molar-refractivity contribution is -0.132. The highest BCUT2D eigenvalue weighted by Crippen LogP contribution is 2.45. The van der Waals surface area contributed by atoms with Crippen molar-refractivity contribution < 1.29 is 19.4 Å². The molecule has 1 aliphatic heterocycles. The zero-order chi connectivity index (χ0) is 24.9. The molecule has 0 aliphatic carbocycles. The molecule has 1 fully saturated rings. The number of ketones is 1. The SMILES string of the molecule is COc1ccc2nc(N3C(=O)C(=O)/C(=C(/O)c4cc(C)ccc4C)C3c3cccc(C)c3)sc2c1. The molecule has 1 saturated heterocycles. The minimum absolute atomic E-state index is 0.0612. The Balaban J connectivity index is 1.75. The van der Waals surface area contributed by atoms with Gasteiger partial charge in [0.25, 0.3) is 5.78 Å². The van der Waals surface area contributed by atoms with Crippen LogP contribution in [0.25, 0.3) is 16.0 Å². The standard InChI is InChI=1S/C28H24N2O4S/c1-15-6-5-7-18(12-15)24-23(25(31)20-13-16(2)8-9-17(20)3)26(32)27(33)30(24)28-29-21-11-10-19(34-4)14-22(21)35-28/h5-14,24,31H,1-4H3/b25-23+. The Kier molecular flexibility index (Phi) is 5.65. The van der Waals surface area contributed by atoms with E-state index in [1.807, 2.05) is 75.4 Å².